The Labute approximate surface area is 228 Å². The van der Waals surface area contributed by atoms with Gasteiger partial charge in [0.15, 0.2) is 18.1 Å². The third-order valence-corrected chi connectivity index (χ3v) is 6.28. The Hall–Kier alpha value is -4.55. The van der Waals surface area contributed by atoms with Crippen molar-refractivity contribution in [2.75, 3.05) is 25.6 Å². The molecular weight excluding hydrogens is 548 g/mol. The molecule has 38 heavy (non-hydrogen) atoms. The van der Waals surface area contributed by atoms with E-state index in [9.17, 15) is 14.9 Å². The van der Waals surface area contributed by atoms with E-state index in [1.807, 2.05) is 54.7 Å². The highest BCUT2D eigenvalue weighted by atomic mass is 79.9. The molecule has 3 aromatic carbocycles. The molecule has 1 heterocycles. The molecule has 0 saturated carbocycles. The van der Waals surface area contributed by atoms with Gasteiger partial charge < -0.3 is 25.1 Å². The van der Waals surface area contributed by atoms with E-state index in [2.05, 4.69) is 31.5 Å². The number of carbonyl (C=O) groups excluding carboxylic acids is 2. The van der Waals surface area contributed by atoms with Crippen molar-refractivity contribution < 1.29 is 19.1 Å². The number of fused-ring (bicyclic) bond motifs is 1. The normalized spacial score (nSPS) is 11.0. The molecule has 0 aliphatic rings. The number of para-hydroxylation sites is 2. The molecule has 4 aromatic rings. The number of halogens is 1. The molecule has 0 aliphatic heterocycles. The monoisotopic (exact) mass is 572 g/mol. The predicted molar refractivity (Wildman–Crippen MR) is 150 cm³/mol. The second-order valence-electron chi connectivity index (χ2n) is 8.27. The molecule has 0 fully saturated rings. The summed E-state index contributed by atoms with van der Waals surface area (Å²) < 4.78 is 11.6. The number of benzene rings is 3. The van der Waals surface area contributed by atoms with Crippen molar-refractivity contribution in [2.45, 2.75) is 6.42 Å². The SMILES string of the molecule is COc1cc(/C=C(/C#N)C(=O)NCCc2c[nH]c3ccccc23)cc(Br)c1OCC(=O)Nc1ccccc1. The van der Waals surface area contributed by atoms with Gasteiger partial charge in [-0.15, -0.1) is 0 Å². The summed E-state index contributed by atoms with van der Waals surface area (Å²) >= 11 is 3.44. The molecule has 4 rings (SSSR count). The van der Waals surface area contributed by atoms with Crippen LogP contribution in [-0.4, -0.2) is 37.1 Å². The molecule has 192 valence electrons. The predicted octanol–water partition coefficient (Wildman–Crippen LogP) is 5.22. The summed E-state index contributed by atoms with van der Waals surface area (Å²) in [4.78, 5) is 28.2. The van der Waals surface area contributed by atoms with Crippen LogP contribution in [0.5, 0.6) is 11.5 Å². The summed E-state index contributed by atoms with van der Waals surface area (Å²) in [5.74, 6) is -0.129. The van der Waals surface area contributed by atoms with E-state index in [0.717, 1.165) is 16.5 Å². The minimum absolute atomic E-state index is 0.0474. The summed E-state index contributed by atoms with van der Waals surface area (Å²) in [5, 5.41) is 16.3. The molecule has 0 bridgehead atoms. The number of aromatic amines is 1. The number of nitrogens with one attached hydrogen (secondary N) is 3. The summed E-state index contributed by atoms with van der Waals surface area (Å²) in [6.45, 7) is 0.145. The van der Waals surface area contributed by atoms with Gasteiger partial charge in [-0.3, -0.25) is 9.59 Å². The van der Waals surface area contributed by atoms with E-state index in [-0.39, 0.29) is 18.1 Å². The molecule has 1 aromatic heterocycles. The van der Waals surface area contributed by atoms with E-state index in [1.165, 1.54) is 13.2 Å². The topological polar surface area (TPSA) is 116 Å². The molecule has 0 spiro atoms. The molecule has 3 N–H and O–H groups in total. The molecule has 0 unspecified atom stereocenters. The van der Waals surface area contributed by atoms with Gasteiger partial charge in [0.25, 0.3) is 11.8 Å². The fraction of sp³-hybridized carbons (Fsp3) is 0.138. The Morgan fingerprint density at radius 2 is 1.87 bits per heavy atom. The maximum atomic E-state index is 12.7. The van der Waals surface area contributed by atoms with Crippen LogP contribution in [-0.2, 0) is 16.0 Å². The van der Waals surface area contributed by atoms with Gasteiger partial charge in [-0.05, 0) is 69.9 Å². The van der Waals surface area contributed by atoms with Gasteiger partial charge in [0, 0.05) is 29.3 Å². The van der Waals surface area contributed by atoms with Crippen LogP contribution in [0.1, 0.15) is 11.1 Å². The lowest BCUT2D eigenvalue weighted by Crippen LogP contribution is -2.26. The lowest BCUT2D eigenvalue weighted by molar-refractivity contribution is -0.118. The molecule has 9 heteroatoms. The number of amides is 2. The van der Waals surface area contributed by atoms with Crippen molar-refractivity contribution in [1.82, 2.24) is 10.3 Å². The fourth-order valence-corrected chi connectivity index (χ4v) is 4.45. The van der Waals surface area contributed by atoms with Crippen LogP contribution in [0.25, 0.3) is 17.0 Å². The number of nitriles is 1. The molecule has 8 nitrogen and oxygen atoms in total. The van der Waals surface area contributed by atoms with Gasteiger partial charge in [0.1, 0.15) is 11.6 Å². The summed E-state index contributed by atoms with van der Waals surface area (Å²) in [6.07, 6.45) is 4.02. The molecule has 0 aliphatic carbocycles. The summed E-state index contributed by atoms with van der Waals surface area (Å²) in [6, 6.07) is 22.3. The van der Waals surface area contributed by atoms with Gasteiger partial charge in [0.05, 0.1) is 11.6 Å². The van der Waals surface area contributed by atoms with Gasteiger partial charge in [-0.1, -0.05) is 36.4 Å². The number of ether oxygens (including phenoxy) is 2. The highest BCUT2D eigenvalue weighted by molar-refractivity contribution is 9.10. The molecule has 0 radical (unpaired) electrons. The first-order valence-corrected chi connectivity index (χ1v) is 12.6. The smallest absolute Gasteiger partial charge is 0.262 e. The van der Waals surface area contributed by atoms with Crippen LogP contribution in [0.3, 0.4) is 0 Å². The second-order valence-corrected chi connectivity index (χ2v) is 9.13. The zero-order chi connectivity index (χ0) is 26.9. The Morgan fingerprint density at radius 3 is 2.63 bits per heavy atom. The fourth-order valence-electron chi connectivity index (χ4n) is 3.88. The lowest BCUT2D eigenvalue weighted by Gasteiger charge is -2.14. The van der Waals surface area contributed by atoms with Crippen molar-refractivity contribution in [3.63, 3.8) is 0 Å². The van der Waals surface area contributed by atoms with Crippen LogP contribution < -0.4 is 20.1 Å². The zero-order valence-corrected chi connectivity index (χ0v) is 22.2. The van der Waals surface area contributed by atoms with E-state index in [1.54, 1.807) is 24.3 Å². The van der Waals surface area contributed by atoms with Crippen molar-refractivity contribution in [3.05, 3.63) is 94.1 Å². The number of hydrogen-bond acceptors (Lipinski definition) is 5. The summed E-state index contributed by atoms with van der Waals surface area (Å²) in [5.41, 5.74) is 3.30. The van der Waals surface area contributed by atoms with Crippen LogP contribution in [0.2, 0.25) is 0 Å². The van der Waals surface area contributed by atoms with Crippen LogP contribution in [0.15, 0.2) is 83.0 Å². The minimum Gasteiger partial charge on any atom is -0.493 e. The maximum absolute atomic E-state index is 12.7. The van der Waals surface area contributed by atoms with E-state index >= 15 is 0 Å². The largest absolute Gasteiger partial charge is 0.493 e. The highest BCUT2D eigenvalue weighted by Crippen LogP contribution is 2.37. The maximum Gasteiger partial charge on any atom is 0.262 e. The number of H-pyrrole nitrogens is 1. The van der Waals surface area contributed by atoms with Gasteiger partial charge in [-0.25, -0.2) is 0 Å². The van der Waals surface area contributed by atoms with Crippen LogP contribution in [0, 0.1) is 11.3 Å². The minimum atomic E-state index is -0.472. The van der Waals surface area contributed by atoms with E-state index in [0.29, 0.717) is 40.2 Å². The third kappa shape index (κ3) is 6.60. The molecule has 2 amide bonds. The first kappa shape index (κ1) is 26.5. The Kier molecular flexibility index (Phi) is 8.80. The summed E-state index contributed by atoms with van der Waals surface area (Å²) in [7, 11) is 1.47. The Morgan fingerprint density at radius 1 is 1.11 bits per heavy atom. The number of anilines is 1. The van der Waals surface area contributed by atoms with Gasteiger partial charge in [0.2, 0.25) is 0 Å². The quantitative estimate of drug-likeness (QED) is 0.178. The number of hydrogen-bond donors (Lipinski definition) is 3. The average molecular weight is 573 g/mol. The number of aromatic nitrogens is 1. The number of rotatable bonds is 10. The molecule has 0 atom stereocenters. The Bertz CT molecular complexity index is 1520. The van der Waals surface area contributed by atoms with E-state index in [4.69, 9.17) is 9.47 Å². The number of methoxy groups -OCH3 is 1. The average Bonchev–Trinajstić information content (AvgIpc) is 3.34. The first-order valence-electron chi connectivity index (χ1n) is 11.8. The van der Waals surface area contributed by atoms with Gasteiger partial charge in [-0.2, -0.15) is 5.26 Å². The number of carbonyl (C=O) groups is 2. The van der Waals surface area contributed by atoms with Gasteiger partial charge >= 0.3 is 0 Å². The van der Waals surface area contributed by atoms with Crippen molar-refractivity contribution >= 4 is 50.4 Å². The van der Waals surface area contributed by atoms with Crippen molar-refractivity contribution in [3.8, 4) is 17.6 Å². The van der Waals surface area contributed by atoms with Crippen LogP contribution in [0.4, 0.5) is 5.69 Å². The second kappa shape index (κ2) is 12.6. The third-order valence-electron chi connectivity index (χ3n) is 5.69. The molecule has 0 saturated heterocycles. The van der Waals surface area contributed by atoms with Crippen molar-refractivity contribution in [2.24, 2.45) is 0 Å². The Balaban J connectivity index is 1.39. The van der Waals surface area contributed by atoms with Crippen LogP contribution >= 0.6 is 15.9 Å². The number of nitrogens with zero attached hydrogens (tertiary/aromatic N) is 1. The van der Waals surface area contributed by atoms with Crippen molar-refractivity contribution in [1.29, 1.82) is 5.26 Å². The van der Waals surface area contributed by atoms with E-state index < -0.39 is 5.91 Å². The lowest BCUT2D eigenvalue weighted by atomic mass is 10.1. The first-order chi connectivity index (χ1) is 18.5. The molecular formula is C29H25BrN4O4. The standard InChI is InChI=1S/C29H25BrN4O4/c1-37-26-15-19(14-24(30)28(26)38-18-27(35)34-22-7-3-2-4-8-22)13-21(16-31)29(36)32-12-11-20-17-33-25-10-6-5-9-23(20)25/h2-10,13-15,17,33H,11-12,18H2,1H3,(H,32,36)(H,34,35)/b21-13-. The highest BCUT2D eigenvalue weighted by Gasteiger charge is 2.15. The zero-order valence-electron chi connectivity index (χ0n) is 20.6.